The van der Waals surface area contributed by atoms with E-state index in [0.717, 1.165) is 55.6 Å². The van der Waals surface area contributed by atoms with Crippen LogP contribution >= 0.6 is 0 Å². The summed E-state index contributed by atoms with van der Waals surface area (Å²) in [5.41, 5.74) is 6.01. The van der Waals surface area contributed by atoms with Crippen LogP contribution in [-0.4, -0.2) is 60.0 Å². The Morgan fingerprint density at radius 2 is 1.75 bits per heavy atom. The number of nitrogens with zero attached hydrogens (tertiary/aromatic N) is 3. The van der Waals surface area contributed by atoms with Crippen molar-refractivity contribution < 1.29 is 9.53 Å². The maximum Gasteiger partial charge on any atom is 0.251 e. The molecular formula is C25H31N5O2. The highest BCUT2D eigenvalue weighted by Gasteiger charge is 2.13. The van der Waals surface area contributed by atoms with E-state index < -0.39 is 0 Å². The van der Waals surface area contributed by atoms with Gasteiger partial charge in [0.15, 0.2) is 0 Å². The van der Waals surface area contributed by atoms with Gasteiger partial charge < -0.3 is 15.4 Å². The van der Waals surface area contributed by atoms with E-state index in [9.17, 15) is 4.79 Å². The molecule has 2 N–H and O–H groups in total. The summed E-state index contributed by atoms with van der Waals surface area (Å²) in [6.07, 6.45) is 0. The quantitative estimate of drug-likeness (QED) is 0.571. The second kappa shape index (κ2) is 10.4. The summed E-state index contributed by atoms with van der Waals surface area (Å²) in [4.78, 5) is 14.7. The maximum absolute atomic E-state index is 12.4. The number of benzene rings is 2. The molecule has 1 amide bonds. The normalized spacial score (nSPS) is 14.3. The molecule has 0 aliphatic carbocycles. The highest BCUT2D eigenvalue weighted by Crippen LogP contribution is 2.19. The van der Waals surface area contributed by atoms with Gasteiger partial charge in [-0.1, -0.05) is 18.2 Å². The van der Waals surface area contributed by atoms with Crippen LogP contribution in [0.15, 0.2) is 54.6 Å². The van der Waals surface area contributed by atoms with Crippen LogP contribution in [0.5, 0.6) is 0 Å². The van der Waals surface area contributed by atoms with Crippen molar-refractivity contribution in [2.45, 2.75) is 20.4 Å². The number of carbonyl (C=O) groups excluding carboxylic acids is 1. The van der Waals surface area contributed by atoms with Gasteiger partial charge >= 0.3 is 0 Å². The van der Waals surface area contributed by atoms with Crippen LogP contribution in [0, 0.1) is 13.8 Å². The first-order valence-electron chi connectivity index (χ1n) is 11.1. The molecule has 0 bridgehead atoms. The number of morpholine rings is 1. The fourth-order valence-corrected chi connectivity index (χ4v) is 3.94. The molecule has 1 saturated heterocycles. The number of para-hydroxylation sites is 1. The number of hydrogen-bond donors (Lipinski definition) is 2. The molecule has 32 heavy (non-hydrogen) atoms. The maximum atomic E-state index is 12.4. The molecule has 1 aliphatic rings. The Kier molecular flexibility index (Phi) is 7.19. The molecule has 2 heterocycles. The average molecular weight is 434 g/mol. The van der Waals surface area contributed by atoms with Crippen LogP contribution in [0.1, 0.15) is 27.3 Å². The molecule has 3 aromatic rings. The van der Waals surface area contributed by atoms with Gasteiger partial charge in [-0.25, -0.2) is 4.68 Å². The average Bonchev–Trinajstić information content (AvgIpc) is 3.12. The van der Waals surface area contributed by atoms with Crippen molar-refractivity contribution in [2.24, 2.45) is 0 Å². The third-order valence-corrected chi connectivity index (χ3v) is 5.88. The fraction of sp³-hybridized carbons (Fsp3) is 0.360. The summed E-state index contributed by atoms with van der Waals surface area (Å²) in [5, 5.41) is 11.2. The summed E-state index contributed by atoms with van der Waals surface area (Å²) in [6.45, 7) is 9.70. The molecule has 7 heteroatoms. The van der Waals surface area contributed by atoms with E-state index in [1.165, 1.54) is 5.56 Å². The van der Waals surface area contributed by atoms with Gasteiger partial charge in [-0.05, 0) is 50.2 Å². The van der Waals surface area contributed by atoms with Gasteiger partial charge in [-0.3, -0.25) is 9.69 Å². The van der Waals surface area contributed by atoms with Crippen LogP contribution < -0.4 is 10.6 Å². The Morgan fingerprint density at radius 1 is 1.03 bits per heavy atom. The van der Waals surface area contributed by atoms with Gasteiger partial charge in [0.25, 0.3) is 5.91 Å². The molecule has 2 aromatic carbocycles. The van der Waals surface area contributed by atoms with E-state index in [1.54, 1.807) is 0 Å². The van der Waals surface area contributed by atoms with Crippen LogP contribution in [0.3, 0.4) is 0 Å². The highest BCUT2D eigenvalue weighted by molar-refractivity contribution is 5.94. The third kappa shape index (κ3) is 5.36. The van der Waals surface area contributed by atoms with Crippen molar-refractivity contribution >= 4 is 11.6 Å². The van der Waals surface area contributed by atoms with E-state index in [-0.39, 0.29) is 5.91 Å². The summed E-state index contributed by atoms with van der Waals surface area (Å²) < 4.78 is 7.33. The minimum absolute atomic E-state index is 0.0411. The summed E-state index contributed by atoms with van der Waals surface area (Å²) in [7, 11) is 0. The smallest absolute Gasteiger partial charge is 0.251 e. The lowest BCUT2D eigenvalue weighted by Crippen LogP contribution is -2.41. The van der Waals surface area contributed by atoms with E-state index >= 15 is 0 Å². The largest absolute Gasteiger partial charge is 0.381 e. The van der Waals surface area contributed by atoms with E-state index in [4.69, 9.17) is 9.84 Å². The van der Waals surface area contributed by atoms with Crippen molar-refractivity contribution in [1.82, 2.24) is 20.0 Å². The Balaban J connectivity index is 1.30. The molecule has 4 rings (SSSR count). The lowest BCUT2D eigenvalue weighted by Gasteiger charge is -2.26. The Morgan fingerprint density at radius 3 is 2.47 bits per heavy atom. The number of rotatable bonds is 8. The molecule has 0 spiro atoms. The number of aryl methyl sites for hydroxylation is 1. The lowest BCUT2D eigenvalue weighted by atomic mass is 10.1. The van der Waals surface area contributed by atoms with Crippen LogP contribution in [0.2, 0.25) is 0 Å². The number of anilines is 1. The Hall–Kier alpha value is -3.16. The predicted molar refractivity (Wildman–Crippen MR) is 126 cm³/mol. The van der Waals surface area contributed by atoms with Crippen LogP contribution in [-0.2, 0) is 11.3 Å². The molecular weight excluding hydrogens is 402 g/mol. The minimum atomic E-state index is -0.0411. The topological polar surface area (TPSA) is 71.4 Å². The van der Waals surface area contributed by atoms with Crippen LogP contribution in [0.25, 0.3) is 5.69 Å². The van der Waals surface area contributed by atoms with Crippen molar-refractivity contribution in [3.63, 3.8) is 0 Å². The third-order valence-electron chi connectivity index (χ3n) is 5.88. The second-order valence-corrected chi connectivity index (χ2v) is 8.04. The van der Waals surface area contributed by atoms with Gasteiger partial charge in [0.2, 0.25) is 0 Å². The Labute approximate surface area is 189 Å². The number of ether oxygens (including phenoxy) is 1. The number of hydrogen-bond acceptors (Lipinski definition) is 5. The summed E-state index contributed by atoms with van der Waals surface area (Å²) >= 11 is 0. The molecule has 168 valence electrons. The zero-order chi connectivity index (χ0) is 22.3. The highest BCUT2D eigenvalue weighted by atomic mass is 16.5. The molecule has 0 atom stereocenters. The van der Waals surface area contributed by atoms with Gasteiger partial charge in [0, 0.05) is 55.2 Å². The molecule has 0 saturated carbocycles. The number of nitrogens with one attached hydrogen (secondary N) is 2. The van der Waals surface area contributed by atoms with Gasteiger partial charge in [0.1, 0.15) is 0 Å². The molecule has 1 fully saturated rings. The van der Waals surface area contributed by atoms with Gasteiger partial charge in [-0.15, -0.1) is 0 Å². The molecule has 7 nitrogen and oxygen atoms in total. The monoisotopic (exact) mass is 433 g/mol. The number of amides is 1. The first-order valence-corrected chi connectivity index (χ1v) is 11.1. The molecule has 0 unspecified atom stereocenters. The lowest BCUT2D eigenvalue weighted by molar-refractivity contribution is 0.0383. The van der Waals surface area contributed by atoms with E-state index in [0.29, 0.717) is 18.7 Å². The van der Waals surface area contributed by atoms with Gasteiger partial charge in [-0.2, -0.15) is 5.10 Å². The van der Waals surface area contributed by atoms with Crippen molar-refractivity contribution in [3.05, 3.63) is 77.1 Å². The molecule has 1 aromatic heterocycles. The second-order valence-electron chi connectivity index (χ2n) is 8.04. The first kappa shape index (κ1) is 22.0. The summed E-state index contributed by atoms with van der Waals surface area (Å²) in [6, 6.07) is 17.8. The Bertz CT molecular complexity index is 1020. The van der Waals surface area contributed by atoms with Crippen LogP contribution in [0.4, 0.5) is 5.69 Å². The van der Waals surface area contributed by atoms with Gasteiger partial charge in [0.05, 0.1) is 24.6 Å². The number of aromatic nitrogens is 2. The zero-order valence-corrected chi connectivity index (χ0v) is 18.8. The van der Waals surface area contributed by atoms with E-state index in [1.807, 2.05) is 54.1 Å². The minimum Gasteiger partial charge on any atom is -0.381 e. The standard InChI is InChI=1S/C25H31N5O2/c1-19-24(20(2)30(28-19)23-6-4-3-5-7-23)18-27-22-10-8-21(9-11-22)25(31)26-12-13-29-14-16-32-17-15-29/h3-11,27H,12-18H2,1-2H3,(H,26,31). The molecule has 0 radical (unpaired) electrons. The zero-order valence-electron chi connectivity index (χ0n) is 18.8. The van der Waals surface area contributed by atoms with Crippen molar-refractivity contribution in [2.75, 3.05) is 44.7 Å². The first-order chi connectivity index (χ1) is 15.6. The van der Waals surface area contributed by atoms with E-state index in [2.05, 4.69) is 34.6 Å². The number of carbonyl (C=O) groups is 1. The van der Waals surface area contributed by atoms with Crippen molar-refractivity contribution in [1.29, 1.82) is 0 Å². The predicted octanol–water partition coefficient (Wildman–Crippen LogP) is 3.16. The summed E-state index contributed by atoms with van der Waals surface area (Å²) in [5.74, 6) is -0.0411. The SMILES string of the molecule is Cc1nn(-c2ccccc2)c(C)c1CNc1ccc(C(=O)NCCN2CCOCC2)cc1. The van der Waals surface area contributed by atoms with Crippen molar-refractivity contribution in [3.8, 4) is 5.69 Å². The fourth-order valence-electron chi connectivity index (χ4n) is 3.94. The molecule has 1 aliphatic heterocycles.